The molecule has 3 N–H and O–H groups in total. The molecule has 7 nitrogen and oxygen atoms in total. The zero-order valence-electron chi connectivity index (χ0n) is 11.9. The molecular formula is C14H16N2O5. The van der Waals surface area contributed by atoms with Crippen LogP contribution in [-0.4, -0.2) is 30.2 Å². The third kappa shape index (κ3) is 4.64. The highest BCUT2D eigenvalue weighted by atomic mass is 16.5. The summed E-state index contributed by atoms with van der Waals surface area (Å²) in [6, 6.07) is 6.39. The maximum atomic E-state index is 11.9. The molecule has 0 unspecified atom stereocenters. The Hall–Kier alpha value is -2.83. The number of rotatable bonds is 4. The number of amides is 2. The molecule has 0 bridgehead atoms. The normalized spacial score (nSPS) is 11.2. The van der Waals surface area contributed by atoms with E-state index in [2.05, 4.69) is 15.4 Å². The third-order valence-corrected chi connectivity index (χ3v) is 2.78. The van der Waals surface area contributed by atoms with E-state index in [-0.39, 0.29) is 11.1 Å². The second kappa shape index (κ2) is 7.09. The lowest BCUT2D eigenvalue weighted by Gasteiger charge is -2.09. The number of carbonyl (C=O) groups is 3. The second-order valence-corrected chi connectivity index (χ2v) is 4.21. The highest BCUT2D eigenvalue weighted by Gasteiger charge is 2.13. The minimum absolute atomic E-state index is 0.0312. The molecule has 0 radical (unpaired) electrons. The zero-order valence-corrected chi connectivity index (χ0v) is 11.9. The highest BCUT2D eigenvalue weighted by molar-refractivity contribution is 6.08. The first kappa shape index (κ1) is 16.2. The smallest absolute Gasteiger partial charge is 0.411 e. The summed E-state index contributed by atoms with van der Waals surface area (Å²) in [6.45, 7) is 2.78. The molecule has 7 heteroatoms. The van der Waals surface area contributed by atoms with Gasteiger partial charge in [-0.25, -0.2) is 9.59 Å². The lowest BCUT2D eigenvalue weighted by molar-refractivity contribution is -0.133. The van der Waals surface area contributed by atoms with Crippen molar-refractivity contribution in [2.24, 2.45) is 0 Å². The Morgan fingerprint density at radius 3 is 2.14 bits per heavy atom. The second-order valence-electron chi connectivity index (χ2n) is 4.21. The van der Waals surface area contributed by atoms with Crippen molar-refractivity contribution in [2.45, 2.75) is 13.8 Å². The summed E-state index contributed by atoms with van der Waals surface area (Å²) < 4.78 is 4.46. The molecule has 0 fully saturated rings. The Morgan fingerprint density at radius 2 is 1.62 bits per heavy atom. The Bertz CT molecular complexity index is 607. The largest absolute Gasteiger partial charge is 0.478 e. The van der Waals surface area contributed by atoms with E-state index >= 15 is 0 Å². The maximum Gasteiger partial charge on any atom is 0.411 e. The van der Waals surface area contributed by atoms with Crippen LogP contribution in [0.2, 0.25) is 0 Å². The van der Waals surface area contributed by atoms with Gasteiger partial charge in [0, 0.05) is 22.5 Å². The van der Waals surface area contributed by atoms with Crippen LogP contribution in [0.25, 0.3) is 0 Å². The Kier molecular flexibility index (Phi) is 5.48. The van der Waals surface area contributed by atoms with E-state index in [4.69, 9.17) is 5.11 Å². The molecule has 0 aliphatic heterocycles. The van der Waals surface area contributed by atoms with Crippen molar-refractivity contribution < 1.29 is 24.2 Å². The molecule has 1 rings (SSSR count). The van der Waals surface area contributed by atoms with E-state index in [1.54, 1.807) is 18.2 Å². The van der Waals surface area contributed by atoms with Gasteiger partial charge in [-0.05, 0) is 32.0 Å². The van der Waals surface area contributed by atoms with Crippen molar-refractivity contribution >= 4 is 29.3 Å². The summed E-state index contributed by atoms with van der Waals surface area (Å²) in [5.74, 6) is -1.67. The highest BCUT2D eigenvalue weighted by Crippen LogP contribution is 2.16. The lowest BCUT2D eigenvalue weighted by Crippen LogP contribution is -2.16. The fraction of sp³-hybridized carbons (Fsp3) is 0.214. The SMILES string of the molecule is COC(=O)Nc1cccc(NC(=O)C(C)=C(C)C(=O)O)c1. The van der Waals surface area contributed by atoms with Crippen LogP contribution in [0, 0.1) is 0 Å². The van der Waals surface area contributed by atoms with Crippen LogP contribution >= 0.6 is 0 Å². The van der Waals surface area contributed by atoms with E-state index in [1.165, 1.54) is 27.0 Å². The van der Waals surface area contributed by atoms with E-state index in [0.29, 0.717) is 11.4 Å². The number of hydrogen-bond donors (Lipinski definition) is 3. The van der Waals surface area contributed by atoms with Crippen molar-refractivity contribution in [3.05, 3.63) is 35.4 Å². The van der Waals surface area contributed by atoms with E-state index < -0.39 is 18.0 Å². The van der Waals surface area contributed by atoms with Gasteiger partial charge in [0.2, 0.25) is 0 Å². The number of anilines is 2. The van der Waals surface area contributed by atoms with Gasteiger partial charge in [0.15, 0.2) is 0 Å². The average Bonchev–Trinajstić information content (AvgIpc) is 2.45. The Balaban J connectivity index is 2.87. The van der Waals surface area contributed by atoms with E-state index in [0.717, 1.165) is 0 Å². The number of ether oxygens (including phenoxy) is 1. The minimum Gasteiger partial charge on any atom is -0.478 e. The third-order valence-electron chi connectivity index (χ3n) is 2.78. The van der Waals surface area contributed by atoms with Crippen LogP contribution < -0.4 is 10.6 Å². The van der Waals surface area contributed by atoms with Crippen LogP contribution in [-0.2, 0) is 14.3 Å². The maximum absolute atomic E-state index is 11.9. The molecule has 0 aliphatic carbocycles. The monoisotopic (exact) mass is 292 g/mol. The molecule has 0 aromatic heterocycles. The molecule has 0 heterocycles. The number of carboxylic acids is 1. The molecule has 2 amide bonds. The number of nitrogens with one attached hydrogen (secondary N) is 2. The molecule has 21 heavy (non-hydrogen) atoms. The molecule has 0 saturated heterocycles. The molecule has 0 saturated carbocycles. The topological polar surface area (TPSA) is 105 Å². The molecule has 112 valence electrons. The fourth-order valence-electron chi connectivity index (χ4n) is 1.40. The van der Waals surface area contributed by atoms with Gasteiger partial charge in [0.05, 0.1) is 7.11 Å². The van der Waals surface area contributed by atoms with Crippen molar-refractivity contribution in [2.75, 3.05) is 17.7 Å². The van der Waals surface area contributed by atoms with Crippen LogP contribution in [0.1, 0.15) is 13.8 Å². The number of benzene rings is 1. The summed E-state index contributed by atoms with van der Waals surface area (Å²) in [5.41, 5.74) is 0.938. The summed E-state index contributed by atoms with van der Waals surface area (Å²) in [6.07, 6.45) is -0.628. The van der Waals surface area contributed by atoms with Gasteiger partial charge in [-0.15, -0.1) is 0 Å². The van der Waals surface area contributed by atoms with Crippen LogP contribution in [0.3, 0.4) is 0 Å². The summed E-state index contributed by atoms with van der Waals surface area (Å²) in [4.78, 5) is 33.8. The van der Waals surface area contributed by atoms with E-state index in [9.17, 15) is 14.4 Å². The summed E-state index contributed by atoms with van der Waals surface area (Å²) in [7, 11) is 1.24. The van der Waals surface area contributed by atoms with Gasteiger partial charge in [-0.2, -0.15) is 0 Å². The predicted molar refractivity (Wildman–Crippen MR) is 77.1 cm³/mol. The van der Waals surface area contributed by atoms with Gasteiger partial charge in [0.25, 0.3) is 5.91 Å². The van der Waals surface area contributed by atoms with Gasteiger partial charge >= 0.3 is 12.1 Å². The molecule has 0 aliphatic rings. The number of carboxylic acid groups (broad SMARTS) is 1. The summed E-state index contributed by atoms with van der Waals surface area (Å²) >= 11 is 0. The number of carbonyl (C=O) groups excluding carboxylic acids is 2. The van der Waals surface area contributed by atoms with Crippen molar-refractivity contribution in [3.63, 3.8) is 0 Å². The minimum atomic E-state index is -1.15. The Labute approximate surface area is 121 Å². The standard InChI is InChI=1S/C14H16N2O5/c1-8(9(2)13(18)19)12(17)15-10-5-4-6-11(7-10)16-14(20)21-3/h4-7H,1-3H3,(H,15,17)(H,16,20)(H,18,19). The molecule has 1 aromatic rings. The average molecular weight is 292 g/mol. The first-order valence-electron chi connectivity index (χ1n) is 6.02. The predicted octanol–water partition coefficient (Wildman–Crippen LogP) is 2.22. The molecule has 0 spiro atoms. The quantitative estimate of drug-likeness (QED) is 0.738. The van der Waals surface area contributed by atoms with Crippen molar-refractivity contribution in [1.82, 2.24) is 0 Å². The lowest BCUT2D eigenvalue weighted by atomic mass is 10.1. The van der Waals surface area contributed by atoms with Crippen LogP contribution in [0.5, 0.6) is 0 Å². The number of aliphatic carboxylic acids is 1. The first-order chi connectivity index (χ1) is 9.85. The fourth-order valence-corrected chi connectivity index (χ4v) is 1.40. The molecular weight excluding hydrogens is 276 g/mol. The van der Waals surface area contributed by atoms with Gasteiger partial charge in [0.1, 0.15) is 0 Å². The Morgan fingerprint density at radius 1 is 1.05 bits per heavy atom. The van der Waals surface area contributed by atoms with Gasteiger partial charge < -0.3 is 15.2 Å². The van der Waals surface area contributed by atoms with Crippen LogP contribution in [0.4, 0.5) is 16.2 Å². The number of methoxy groups -OCH3 is 1. The van der Waals surface area contributed by atoms with Crippen molar-refractivity contribution in [1.29, 1.82) is 0 Å². The first-order valence-corrected chi connectivity index (χ1v) is 6.02. The van der Waals surface area contributed by atoms with E-state index in [1.807, 2.05) is 0 Å². The zero-order chi connectivity index (χ0) is 16.0. The van der Waals surface area contributed by atoms with Crippen molar-refractivity contribution in [3.8, 4) is 0 Å². The van der Waals surface area contributed by atoms with Gasteiger partial charge in [-0.3, -0.25) is 10.1 Å². The van der Waals surface area contributed by atoms with Gasteiger partial charge in [-0.1, -0.05) is 6.07 Å². The summed E-state index contributed by atoms with van der Waals surface area (Å²) in [5, 5.41) is 13.9. The van der Waals surface area contributed by atoms with Crippen LogP contribution in [0.15, 0.2) is 35.4 Å². The number of hydrogen-bond acceptors (Lipinski definition) is 4. The molecule has 0 atom stereocenters. The molecule has 1 aromatic carbocycles.